The molecule has 21 heavy (non-hydrogen) atoms. The van der Waals surface area contributed by atoms with E-state index in [1.54, 1.807) is 0 Å². The highest BCUT2D eigenvalue weighted by atomic mass is 19.1. The molecule has 0 radical (unpaired) electrons. The number of halogens is 1. The van der Waals surface area contributed by atoms with E-state index >= 15 is 0 Å². The first-order valence-electron chi connectivity index (χ1n) is 6.96. The Labute approximate surface area is 123 Å². The second-order valence-electron chi connectivity index (χ2n) is 4.93. The lowest BCUT2D eigenvalue weighted by molar-refractivity contribution is 0.0946. The van der Waals surface area contributed by atoms with Crippen LogP contribution in [0.15, 0.2) is 18.2 Å². The van der Waals surface area contributed by atoms with Crippen molar-refractivity contribution in [2.24, 2.45) is 5.92 Å². The highest BCUT2D eigenvalue weighted by Gasteiger charge is 2.16. The summed E-state index contributed by atoms with van der Waals surface area (Å²) in [5, 5.41) is 11.4. The van der Waals surface area contributed by atoms with E-state index in [0.717, 1.165) is 26.1 Å². The number of amides is 1. The number of hydrogen-bond acceptors (Lipinski definition) is 3. The minimum absolute atomic E-state index is 0.0255. The number of ether oxygens (including phenoxy) is 1. The molecular formula is C16H18FNO3. The van der Waals surface area contributed by atoms with Crippen molar-refractivity contribution in [3.8, 4) is 11.8 Å². The van der Waals surface area contributed by atoms with Gasteiger partial charge < -0.3 is 15.2 Å². The lowest BCUT2D eigenvalue weighted by Gasteiger charge is -2.09. The van der Waals surface area contributed by atoms with E-state index < -0.39 is 11.7 Å². The maximum atomic E-state index is 13.7. The van der Waals surface area contributed by atoms with Crippen molar-refractivity contribution in [3.63, 3.8) is 0 Å². The largest absolute Gasteiger partial charge is 0.384 e. The van der Waals surface area contributed by atoms with Crippen molar-refractivity contribution in [1.82, 2.24) is 5.32 Å². The lowest BCUT2D eigenvalue weighted by Crippen LogP contribution is -2.27. The molecule has 2 N–H and O–H groups in total. The number of nitrogens with one attached hydrogen (secondary N) is 1. The molecule has 1 heterocycles. The number of rotatable bonds is 4. The maximum absolute atomic E-state index is 13.7. The number of hydrogen-bond donors (Lipinski definition) is 2. The summed E-state index contributed by atoms with van der Waals surface area (Å²) >= 11 is 0. The molecule has 0 spiro atoms. The van der Waals surface area contributed by atoms with Crippen LogP contribution in [-0.4, -0.2) is 37.4 Å². The van der Waals surface area contributed by atoms with Crippen LogP contribution in [0.5, 0.6) is 0 Å². The number of benzene rings is 1. The molecule has 4 nitrogen and oxygen atoms in total. The summed E-state index contributed by atoms with van der Waals surface area (Å²) in [7, 11) is 0. The molecular weight excluding hydrogens is 273 g/mol. The fraction of sp³-hybridized carbons (Fsp3) is 0.438. The Morgan fingerprint density at radius 3 is 3.10 bits per heavy atom. The smallest absolute Gasteiger partial charge is 0.254 e. The molecule has 0 bridgehead atoms. The average Bonchev–Trinajstić information content (AvgIpc) is 2.99. The van der Waals surface area contributed by atoms with E-state index in [0.29, 0.717) is 18.0 Å². The minimum Gasteiger partial charge on any atom is -0.384 e. The van der Waals surface area contributed by atoms with Crippen molar-refractivity contribution < 1.29 is 19.0 Å². The molecule has 2 rings (SSSR count). The van der Waals surface area contributed by atoms with Crippen LogP contribution >= 0.6 is 0 Å². The van der Waals surface area contributed by atoms with Crippen LogP contribution in [0.1, 0.15) is 28.8 Å². The number of aliphatic hydroxyl groups excluding tert-OH is 1. The van der Waals surface area contributed by atoms with Gasteiger partial charge in [-0.25, -0.2) is 4.39 Å². The molecule has 1 aromatic rings. The van der Waals surface area contributed by atoms with Crippen LogP contribution in [0.25, 0.3) is 0 Å². The molecule has 0 aliphatic carbocycles. The number of aliphatic hydroxyl groups is 1. The summed E-state index contributed by atoms with van der Waals surface area (Å²) < 4.78 is 19.0. The molecule has 1 fully saturated rings. The topological polar surface area (TPSA) is 58.6 Å². The summed E-state index contributed by atoms with van der Waals surface area (Å²) in [6, 6.07) is 4.08. The molecule has 0 saturated carbocycles. The van der Waals surface area contributed by atoms with Crippen LogP contribution in [0, 0.1) is 23.6 Å². The monoisotopic (exact) mass is 291 g/mol. The van der Waals surface area contributed by atoms with Crippen molar-refractivity contribution in [2.45, 2.75) is 12.8 Å². The third-order valence-corrected chi connectivity index (χ3v) is 3.38. The summed E-state index contributed by atoms with van der Waals surface area (Å²) in [5.74, 6) is 4.57. The van der Waals surface area contributed by atoms with Gasteiger partial charge in [-0.15, -0.1) is 0 Å². The van der Waals surface area contributed by atoms with Gasteiger partial charge in [-0.3, -0.25) is 4.79 Å². The SMILES string of the molecule is O=C(NCCC1CCOC1)c1cc(C#CCO)ccc1F. The fourth-order valence-corrected chi connectivity index (χ4v) is 2.21. The second kappa shape index (κ2) is 7.77. The van der Waals surface area contributed by atoms with Crippen molar-refractivity contribution in [1.29, 1.82) is 0 Å². The van der Waals surface area contributed by atoms with Crippen LogP contribution < -0.4 is 5.32 Å². The van der Waals surface area contributed by atoms with Crippen LogP contribution in [-0.2, 0) is 4.74 Å². The van der Waals surface area contributed by atoms with Gasteiger partial charge in [0.2, 0.25) is 0 Å². The molecule has 1 amide bonds. The molecule has 1 aliphatic heterocycles. The summed E-state index contributed by atoms with van der Waals surface area (Å²) in [6.45, 7) is 1.73. The standard InChI is InChI=1S/C16H18FNO3/c17-15-4-3-12(2-1-8-19)10-14(15)16(20)18-7-5-13-6-9-21-11-13/h3-4,10,13,19H,5-9,11H2,(H,18,20). The maximum Gasteiger partial charge on any atom is 0.254 e. The Balaban J connectivity index is 1.94. The molecule has 1 unspecified atom stereocenters. The van der Waals surface area contributed by atoms with Gasteiger partial charge in [-0.2, -0.15) is 0 Å². The van der Waals surface area contributed by atoms with E-state index in [1.165, 1.54) is 18.2 Å². The van der Waals surface area contributed by atoms with Gasteiger partial charge >= 0.3 is 0 Å². The van der Waals surface area contributed by atoms with Crippen LogP contribution in [0.4, 0.5) is 4.39 Å². The van der Waals surface area contributed by atoms with Crippen LogP contribution in [0.2, 0.25) is 0 Å². The molecule has 1 saturated heterocycles. The zero-order valence-corrected chi connectivity index (χ0v) is 11.7. The quantitative estimate of drug-likeness (QED) is 0.823. The van der Waals surface area contributed by atoms with Gasteiger partial charge in [0.25, 0.3) is 5.91 Å². The Morgan fingerprint density at radius 1 is 1.52 bits per heavy atom. The van der Waals surface area contributed by atoms with Gasteiger partial charge in [-0.05, 0) is 37.0 Å². The van der Waals surface area contributed by atoms with E-state index in [4.69, 9.17) is 9.84 Å². The Morgan fingerprint density at radius 2 is 2.38 bits per heavy atom. The average molecular weight is 291 g/mol. The van der Waals surface area contributed by atoms with Gasteiger partial charge in [0, 0.05) is 25.3 Å². The summed E-state index contributed by atoms with van der Waals surface area (Å²) in [5.41, 5.74) is 0.474. The van der Waals surface area contributed by atoms with Gasteiger partial charge in [0.15, 0.2) is 0 Å². The first-order valence-corrected chi connectivity index (χ1v) is 6.96. The molecule has 0 aromatic heterocycles. The van der Waals surface area contributed by atoms with Crippen molar-refractivity contribution in [3.05, 3.63) is 35.1 Å². The Kier molecular flexibility index (Phi) is 5.73. The zero-order chi connectivity index (χ0) is 15.1. The highest BCUT2D eigenvalue weighted by molar-refractivity contribution is 5.94. The lowest BCUT2D eigenvalue weighted by atomic mass is 10.1. The summed E-state index contributed by atoms with van der Waals surface area (Å²) in [6.07, 6.45) is 1.84. The van der Waals surface area contributed by atoms with E-state index in [1.807, 2.05) is 0 Å². The number of carbonyl (C=O) groups is 1. The Hall–Kier alpha value is -1.90. The van der Waals surface area contributed by atoms with E-state index in [-0.39, 0.29) is 12.2 Å². The van der Waals surface area contributed by atoms with Gasteiger partial charge in [0.1, 0.15) is 12.4 Å². The predicted molar refractivity (Wildman–Crippen MR) is 76.2 cm³/mol. The normalized spacial score (nSPS) is 17.1. The molecule has 1 atom stereocenters. The first-order chi connectivity index (χ1) is 10.2. The fourth-order valence-electron chi connectivity index (χ4n) is 2.21. The molecule has 1 aromatic carbocycles. The Bertz CT molecular complexity index is 556. The van der Waals surface area contributed by atoms with Gasteiger partial charge in [0.05, 0.1) is 5.56 Å². The summed E-state index contributed by atoms with van der Waals surface area (Å²) in [4.78, 5) is 12.0. The van der Waals surface area contributed by atoms with Crippen LogP contribution in [0.3, 0.4) is 0 Å². The molecule has 1 aliphatic rings. The second-order valence-corrected chi connectivity index (χ2v) is 4.93. The van der Waals surface area contributed by atoms with E-state index in [2.05, 4.69) is 17.2 Å². The third-order valence-electron chi connectivity index (χ3n) is 3.38. The van der Waals surface area contributed by atoms with E-state index in [9.17, 15) is 9.18 Å². The predicted octanol–water partition coefficient (Wildman–Crippen LogP) is 1.33. The number of carbonyl (C=O) groups excluding carboxylic acids is 1. The van der Waals surface area contributed by atoms with Gasteiger partial charge in [-0.1, -0.05) is 11.8 Å². The molecule has 5 heteroatoms. The first kappa shape index (κ1) is 15.5. The minimum atomic E-state index is -0.578. The third kappa shape index (κ3) is 4.55. The molecule has 112 valence electrons. The van der Waals surface area contributed by atoms with Crippen molar-refractivity contribution in [2.75, 3.05) is 26.4 Å². The highest BCUT2D eigenvalue weighted by Crippen LogP contribution is 2.15. The van der Waals surface area contributed by atoms with Crippen molar-refractivity contribution >= 4 is 5.91 Å². The zero-order valence-electron chi connectivity index (χ0n) is 11.7.